The van der Waals surface area contributed by atoms with Crippen molar-refractivity contribution in [3.8, 4) is 0 Å². The Kier molecular flexibility index (Phi) is 4.51. The van der Waals surface area contributed by atoms with Gasteiger partial charge in [0, 0.05) is 32.0 Å². The third-order valence-corrected chi connectivity index (χ3v) is 3.42. The summed E-state index contributed by atoms with van der Waals surface area (Å²) in [5, 5.41) is 21.8. The molecule has 0 fully saturated rings. The van der Waals surface area contributed by atoms with Crippen molar-refractivity contribution in [1.82, 2.24) is 5.32 Å². The van der Waals surface area contributed by atoms with E-state index in [-0.39, 0.29) is 6.61 Å². The molecule has 6 heteroatoms. The van der Waals surface area contributed by atoms with Crippen LogP contribution in [0.3, 0.4) is 0 Å². The molecule has 0 saturated carbocycles. The quantitative estimate of drug-likeness (QED) is 0.376. The van der Waals surface area contributed by atoms with E-state index in [1.165, 1.54) is 7.11 Å². The fourth-order valence-electron chi connectivity index (χ4n) is 2.07. The monoisotopic (exact) mass is 245 g/mol. The number of hydrogen-bond donors (Lipinski definition) is 5. The highest BCUT2D eigenvalue weighted by atomic mass is 16.5. The molecule has 0 aromatic rings. The van der Waals surface area contributed by atoms with Crippen molar-refractivity contribution in [2.24, 2.45) is 16.9 Å². The number of nitrogens with one attached hydrogen (secondary N) is 1. The van der Waals surface area contributed by atoms with E-state index in [9.17, 15) is 5.11 Å². The van der Waals surface area contributed by atoms with Crippen LogP contribution in [0, 0.1) is 5.41 Å². The molecule has 1 rings (SSSR count). The molecule has 3 unspecified atom stereocenters. The first kappa shape index (κ1) is 14.4. The SMILES string of the molecule is COC1(N)CC(C)(CN)C(O)C=C1NCCO. The van der Waals surface area contributed by atoms with E-state index < -0.39 is 17.2 Å². The van der Waals surface area contributed by atoms with Crippen LogP contribution in [0.15, 0.2) is 11.8 Å². The summed E-state index contributed by atoms with van der Waals surface area (Å²) in [5.74, 6) is 0. The van der Waals surface area contributed by atoms with Crippen LogP contribution in [-0.4, -0.2) is 48.8 Å². The Morgan fingerprint density at radius 3 is 2.76 bits per heavy atom. The van der Waals surface area contributed by atoms with Crippen LogP contribution in [0.4, 0.5) is 0 Å². The predicted molar refractivity (Wildman–Crippen MR) is 64.9 cm³/mol. The smallest absolute Gasteiger partial charge is 0.157 e. The van der Waals surface area contributed by atoms with E-state index in [4.69, 9.17) is 21.3 Å². The zero-order valence-corrected chi connectivity index (χ0v) is 10.4. The molecule has 0 aromatic carbocycles. The Morgan fingerprint density at radius 2 is 2.29 bits per heavy atom. The fourth-order valence-corrected chi connectivity index (χ4v) is 2.07. The lowest BCUT2D eigenvalue weighted by molar-refractivity contribution is -0.0578. The third-order valence-electron chi connectivity index (χ3n) is 3.42. The lowest BCUT2D eigenvalue weighted by atomic mass is 9.72. The summed E-state index contributed by atoms with van der Waals surface area (Å²) < 4.78 is 5.33. The summed E-state index contributed by atoms with van der Waals surface area (Å²) in [6.45, 7) is 2.54. The van der Waals surface area contributed by atoms with Gasteiger partial charge in [-0.2, -0.15) is 0 Å². The van der Waals surface area contributed by atoms with Crippen LogP contribution < -0.4 is 16.8 Å². The second kappa shape index (κ2) is 5.32. The van der Waals surface area contributed by atoms with Gasteiger partial charge in [-0.3, -0.25) is 5.73 Å². The van der Waals surface area contributed by atoms with Gasteiger partial charge < -0.3 is 26.0 Å². The maximum Gasteiger partial charge on any atom is 0.157 e. The Hall–Kier alpha value is -0.660. The minimum Gasteiger partial charge on any atom is -0.395 e. The Morgan fingerprint density at radius 1 is 1.65 bits per heavy atom. The van der Waals surface area contributed by atoms with Crippen molar-refractivity contribution >= 4 is 0 Å². The maximum atomic E-state index is 10.1. The number of nitrogens with two attached hydrogens (primary N) is 2. The van der Waals surface area contributed by atoms with E-state index in [1.54, 1.807) is 6.08 Å². The van der Waals surface area contributed by atoms with E-state index in [0.29, 0.717) is 25.2 Å². The minimum absolute atomic E-state index is 0.0125. The molecule has 1 aliphatic rings. The number of aliphatic hydroxyl groups is 2. The molecule has 0 bridgehead atoms. The molecule has 1 aliphatic carbocycles. The Balaban J connectivity index is 2.98. The molecule has 0 aromatic heterocycles. The zero-order chi connectivity index (χ0) is 13.1. The highest BCUT2D eigenvalue weighted by molar-refractivity contribution is 5.23. The van der Waals surface area contributed by atoms with Crippen LogP contribution >= 0.6 is 0 Å². The molecule has 0 amide bonds. The summed E-state index contributed by atoms with van der Waals surface area (Å²) in [6.07, 6.45) is 1.36. The molecule has 100 valence electrons. The van der Waals surface area contributed by atoms with Crippen LogP contribution in [0.1, 0.15) is 13.3 Å². The van der Waals surface area contributed by atoms with Crippen molar-refractivity contribution < 1.29 is 14.9 Å². The van der Waals surface area contributed by atoms with E-state index in [2.05, 4.69) is 5.32 Å². The number of hydrogen-bond acceptors (Lipinski definition) is 6. The average molecular weight is 245 g/mol. The molecule has 0 aliphatic heterocycles. The zero-order valence-electron chi connectivity index (χ0n) is 10.4. The van der Waals surface area contributed by atoms with E-state index in [1.807, 2.05) is 6.92 Å². The molecule has 6 nitrogen and oxygen atoms in total. The fraction of sp³-hybridized carbons (Fsp3) is 0.818. The largest absolute Gasteiger partial charge is 0.395 e. The first-order chi connectivity index (χ1) is 7.91. The summed E-state index contributed by atoms with van der Waals surface area (Å²) in [5.41, 5.74) is 10.9. The molecule has 0 heterocycles. The number of methoxy groups -OCH3 is 1. The van der Waals surface area contributed by atoms with Crippen LogP contribution in [0.5, 0.6) is 0 Å². The Bertz CT molecular complexity index is 298. The topological polar surface area (TPSA) is 114 Å². The van der Waals surface area contributed by atoms with Gasteiger partial charge in [0.2, 0.25) is 0 Å². The van der Waals surface area contributed by atoms with Gasteiger partial charge in [0.15, 0.2) is 5.72 Å². The number of rotatable bonds is 5. The van der Waals surface area contributed by atoms with Crippen LogP contribution in [-0.2, 0) is 4.74 Å². The average Bonchev–Trinajstić information content (AvgIpc) is 2.32. The lowest BCUT2D eigenvalue weighted by Gasteiger charge is -2.45. The second-order valence-electron chi connectivity index (χ2n) is 4.80. The first-order valence-corrected chi connectivity index (χ1v) is 5.71. The highest BCUT2D eigenvalue weighted by Crippen LogP contribution is 2.38. The van der Waals surface area contributed by atoms with Gasteiger partial charge in [-0.25, -0.2) is 0 Å². The molecular formula is C11H23N3O3. The van der Waals surface area contributed by atoms with E-state index >= 15 is 0 Å². The van der Waals surface area contributed by atoms with Gasteiger partial charge in [-0.15, -0.1) is 0 Å². The second-order valence-corrected chi connectivity index (χ2v) is 4.80. The predicted octanol–water partition coefficient (Wildman–Crippen LogP) is -1.52. The standard InChI is InChI=1S/C11H23N3O3/c1-10(7-12)6-11(13,17-2)8(5-9(10)16)14-3-4-15/h5,9,14-16H,3-4,6-7,12-13H2,1-2H3. The van der Waals surface area contributed by atoms with Gasteiger partial charge in [-0.05, 0) is 6.08 Å². The van der Waals surface area contributed by atoms with Crippen molar-refractivity contribution in [2.75, 3.05) is 26.8 Å². The normalized spacial score (nSPS) is 37.8. The van der Waals surface area contributed by atoms with Crippen LogP contribution in [0.25, 0.3) is 0 Å². The summed E-state index contributed by atoms with van der Waals surface area (Å²) in [6, 6.07) is 0. The van der Waals surface area contributed by atoms with Crippen molar-refractivity contribution in [2.45, 2.75) is 25.2 Å². The third kappa shape index (κ3) is 2.78. The molecule has 7 N–H and O–H groups in total. The van der Waals surface area contributed by atoms with Crippen LogP contribution in [0.2, 0.25) is 0 Å². The number of aliphatic hydroxyl groups excluding tert-OH is 2. The molecule has 3 atom stereocenters. The van der Waals surface area contributed by atoms with Gasteiger partial charge in [0.1, 0.15) is 0 Å². The van der Waals surface area contributed by atoms with Crippen molar-refractivity contribution in [1.29, 1.82) is 0 Å². The first-order valence-electron chi connectivity index (χ1n) is 5.71. The molecule has 0 radical (unpaired) electrons. The summed E-state index contributed by atoms with van der Waals surface area (Å²) in [7, 11) is 1.52. The van der Waals surface area contributed by atoms with Gasteiger partial charge in [-0.1, -0.05) is 6.92 Å². The van der Waals surface area contributed by atoms with Crippen molar-refractivity contribution in [3.63, 3.8) is 0 Å². The maximum absolute atomic E-state index is 10.1. The molecule has 0 spiro atoms. The van der Waals surface area contributed by atoms with E-state index in [0.717, 1.165) is 0 Å². The summed E-state index contributed by atoms with van der Waals surface area (Å²) >= 11 is 0. The van der Waals surface area contributed by atoms with Gasteiger partial charge >= 0.3 is 0 Å². The number of ether oxygens (including phenoxy) is 1. The molecule has 0 saturated heterocycles. The Labute approximate surface area is 102 Å². The minimum atomic E-state index is -0.998. The summed E-state index contributed by atoms with van der Waals surface area (Å²) in [4.78, 5) is 0. The molecule has 17 heavy (non-hydrogen) atoms. The van der Waals surface area contributed by atoms with Gasteiger partial charge in [0.05, 0.1) is 18.4 Å². The lowest BCUT2D eigenvalue weighted by Crippen LogP contribution is -2.58. The van der Waals surface area contributed by atoms with Crippen molar-refractivity contribution in [3.05, 3.63) is 11.8 Å². The van der Waals surface area contributed by atoms with Gasteiger partial charge in [0.25, 0.3) is 0 Å². The highest BCUT2D eigenvalue weighted by Gasteiger charge is 2.46. The molecular weight excluding hydrogens is 222 g/mol.